The minimum absolute atomic E-state index is 0.185. The van der Waals surface area contributed by atoms with Gasteiger partial charge in [0.25, 0.3) is 5.91 Å². The van der Waals surface area contributed by atoms with Crippen LogP contribution >= 0.6 is 0 Å². The van der Waals surface area contributed by atoms with Crippen molar-refractivity contribution in [2.75, 3.05) is 13.2 Å². The Hall–Kier alpha value is -1.86. The van der Waals surface area contributed by atoms with E-state index in [0.29, 0.717) is 23.9 Å². The van der Waals surface area contributed by atoms with Gasteiger partial charge >= 0.3 is 0 Å². The van der Waals surface area contributed by atoms with Gasteiger partial charge in [0, 0.05) is 12.1 Å². The van der Waals surface area contributed by atoms with Gasteiger partial charge in [0.1, 0.15) is 12.4 Å². The number of carbonyl (C=O) groups excluding carboxylic acids is 1. The number of carbonyl (C=O) groups is 1. The Labute approximate surface area is 124 Å². The molecule has 1 fully saturated rings. The fourth-order valence-corrected chi connectivity index (χ4v) is 2.74. The zero-order chi connectivity index (χ0) is 15.2. The maximum atomic E-state index is 13.8. The summed E-state index contributed by atoms with van der Waals surface area (Å²) in [4.78, 5) is 12.0. The molecule has 2 N–H and O–H groups in total. The number of benzene rings is 1. The number of aliphatic hydroxyl groups is 1. The monoisotopic (exact) mass is 289 g/mol. The molecule has 1 amide bonds. The molecule has 0 saturated heterocycles. The van der Waals surface area contributed by atoms with Gasteiger partial charge in [-0.15, -0.1) is 0 Å². The zero-order valence-corrected chi connectivity index (χ0v) is 12.2. The third-order valence-electron chi connectivity index (χ3n) is 4.10. The van der Waals surface area contributed by atoms with Gasteiger partial charge < -0.3 is 10.4 Å². The molecule has 2 atom stereocenters. The highest BCUT2D eigenvalue weighted by Crippen LogP contribution is 2.30. The molecular weight excluding hydrogens is 269 g/mol. The van der Waals surface area contributed by atoms with E-state index in [-0.39, 0.29) is 18.1 Å². The lowest BCUT2D eigenvalue weighted by Crippen LogP contribution is -2.30. The van der Waals surface area contributed by atoms with E-state index in [9.17, 15) is 9.18 Å². The molecule has 1 aromatic carbocycles. The van der Waals surface area contributed by atoms with Crippen molar-refractivity contribution < 1.29 is 14.3 Å². The lowest BCUT2D eigenvalue weighted by atomic mass is 9.98. The van der Waals surface area contributed by atoms with E-state index in [1.807, 2.05) is 0 Å². The van der Waals surface area contributed by atoms with Crippen molar-refractivity contribution in [3.63, 3.8) is 0 Å². The van der Waals surface area contributed by atoms with E-state index in [1.54, 1.807) is 6.07 Å². The van der Waals surface area contributed by atoms with Crippen LogP contribution in [0.3, 0.4) is 0 Å². The average molecular weight is 289 g/mol. The van der Waals surface area contributed by atoms with Gasteiger partial charge in [0.05, 0.1) is 5.56 Å². The molecule has 1 aliphatic rings. The Kier molecular flexibility index (Phi) is 5.35. The maximum absolute atomic E-state index is 13.8. The molecule has 1 saturated carbocycles. The molecule has 0 heterocycles. The number of hydrogen-bond acceptors (Lipinski definition) is 2. The summed E-state index contributed by atoms with van der Waals surface area (Å²) in [5, 5.41) is 11.5. The Bertz CT molecular complexity index is 574. The molecular formula is C17H20FNO2. The zero-order valence-electron chi connectivity index (χ0n) is 12.2. The van der Waals surface area contributed by atoms with Crippen LogP contribution in [0.25, 0.3) is 0 Å². The fourth-order valence-electron chi connectivity index (χ4n) is 2.74. The topological polar surface area (TPSA) is 49.3 Å². The molecule has 4 heteroatoms. The smallest absolute Gasteiger partial charge is 0.251 e. The van der Waals surface area contributed by atoms with Crippen molar-refractivity contribution in [1.82, 2.24) is 5.32 Å². The van der Waals surface area contributed by atoms with Crippen molar-refractivity contribution in [2.24, 2.45) is 11.8 Å². The van der Waals surface area contributed by atoms with Crippen LogP contribution in [0.5, 0.6) is 0 Å². The van der Waals surface area contributed by atoms with Gasteiger partial charge in [0.15, 0.2) is 0 Å². The highest BCUT2D eigenvalue weighted by Gasteiger charge is 2.23. The Morgan fingerprint density at radius 2 is 2.29 bits per heavy atom. The minimum atomic E-state index is -0.544. The number of halogens is 1. The van der Waals surface area contributed by atoms with Crippen molar-refractivity contribution in [2.45, 2.75) is 26.2 Å². The second-order valence-electron chi connectivity index (χ2n) is 5.53. The van der Waals surface area contributed by atoms with Crippen molar-refractivity contribution in [3.8, 4) is 11.8 Å². The summed E-state index contributed by atoms with van der Waals surface area (Å²) < 4.78 is 13.8. The van der Waals surface area contributed by atoms with Crippen molar-refractivity contribution >= 4 is 5.91 Å². The molecule has 1 aliphatic carbocycles. The second-order valence-corrected chi connectivity index (χ2v) is 5.53. The number of amides is 1. The molecule has 3 nitrogen and oxygen atoms in total. The molecule has 0 bridgehead atoms. The molecule has 1 aromatic rings. The number of aliphatic hydroxyl groups excluding tert-OH is 1. The standard InChI is InChI=1S/C17H20FNO2/c1-12-4-2-5-15(12)11-19-17(21)14-8-7-13(6-3-9-20)16(18)10-14/h7-8,10,12,15,20H,2,4-5,9,11H2,1H3,(H,19,21). The first-order chi connectivity index (χ1) is 10.1. The molecule has 0 radical (unpaired) electrons. The molecule has 0 aliphatic heterocycles. The third kappa shape index (κ3) is 4.05. The first-order valence-corrected chi connectivity index (χ1v) is 7.29. The summed E-state index contributed by atoms with van der Waals surface area (Å²) >= 11 is 0. The second kappa shape index (κ2) is 7.24. The van der Waals surface area contributed by atoms with Crippen LogP contribution < -0.4 is 5.32 Å². The van der Waals surface area contributed by atoms with E-state index >= 15 is 0 Å². The van der Waals surface area contributed by atoms with Crippen LogP contribution in [-0.4, -0.2) is 24.2 Å². The number of rotatable bonds is 3. The SMILES string of the molecule is CC1CCCC1CNC(=O)c1ccc(C#CCO)c(F)c1. The van der Waals surface area contributed by atoms with Crippen LogP contribution in [0.15, 0.2) is 18.2 Å². The van der Waals surface area contributed by atoms with Gasteiger partial charge in [-0.25, -0.2) is 4.39 Å². The van der Waals surface area contributed by atoms with Crippen LogP contribution in [-0.2, 0) is 0 Å². The Balaban J connectivity index is 1.97. The molecule has 0 aromatic heterocycles. The van der Waals surface area contributed by atoms with Gasteiger partial charge in [0.2, 0.25) is 0 Å². The van der Waals surface area contributed by atoms with E-state index in [0.717, 1.165) is 6.42 Å². The number of nitrogens with one attached hydrogen (secondary N) is 1. The molecule has 0 spiro atoms. The van der Waals surface area contributed by atoms with E-state index in [4.69, 9.17) is 5.11 Å². The maximum Gasteiger partial charge on any atom is 0.251 e. The summed E-state index contributed by atoms with van der Waals surface area (Å²) in [7, 11) is 0. The highest BCUT2D eigenvalue weighted by molar-refractivity contribution is 5.94. The minimum Gasteiger partial charge on any atom is -0.384 e. The number of hydrogen-bond donors (Lipinski definition) is 2. The summed E-state index contributed by atoms with van der Waals surface area (Å²) in [5.74, 6) is 5.25. The molecule has 21 heavy (non-hydrogen) atoms. The normalized spacial score (nSPS) is 20.7. The van der Waals surface area contributed by atoms with E-state index < -0.39 is 5.82 Å². The summed E-state index contributed by atoms with van der Waals surface area (Å²) in [5.41, 5.74) is 0.484. The Morgan fingerprint density at radius 3 is 2.90 bits per heavy atom. The Morgan fingerprint density at radius 1 is 1.48 bits per heavy atom. The predicted molar refractivity (Wildman–Crippen MR) is 79.2 cm³/mol. The van der Waals surface area contributed by atoms with Gasteiger partial charge in [-0.1, -0.05) is 31.6 Å². The van der Waals surface area contributed by atoms with Crippen molar-refractivity contribution in [1.29, 1.82) is 0 Å². The van der Waals surface area contributed by atoms with Crippen LogP contribution in [0.2, 0.25) is 0 Å². The van der Waals surface area contributed by atoms with Gasteiger partial charge in [-0.05, 0) is 36.5 Å². The molecule has 2 unspecified atom stereocenters. The van der Waals surface area contributed by atoms with Crippen LogP contribution in [0.4, 0.5) is 4.39 Å². The van der Waals surface area contributed by atoms with Gasteiger partial charge in [-0.3, -0.25) is 4.79 Å². The average Bonchev–Trinajstić information content (AvgIpc) is 2.88. The molecule has 2 rings (SSSR count). The van der Waals surface area contributed by atoms with Gasteiger partial charge in [-0.2, -0.15) is 0 Å². The van der Waals surface area contributed by atoms with Crippen LogP contribution in [0, 0.1) is 29.5 Å². The summed E-state index contributed by atoms with van der Waals surface area (Å²) in [6, 6.07) is 4.21. The van der Waals surface area contributed by atoms with E-state index in [2.05, 4.69) is 24.1 Å². The predicted octanol–water partition coefficient (Wildman–Crippen LogP) is 2.34. The third-order valence-corrected chi connectivity index (χ3v) is 4.10. The highest BCUT2D eigenvalue weighted by atomic mass is 19.1. The molecule has 112 valence electrons. The van der Waals surface area contributed by atoms with Crippen LogP contribution in [0.1, 0.15) is 42.1 Å². The summed E-state index contributed by atoms with van der Waals surface area (Å²) in [6.07, 6.45) is 3.58. The largest absolute Gasteiger partial charge is 0.384 e. The lowest BCUT2D eigenvalue weighted by Gasteiger charge is -2.15. The quantitative estimate of drug-likeness (QED) is 0.839. The van der Waals surface area contributed by atoms with Crippen molar-refractivity contribution in [3.05, 3.63) is 35.1 Å². The first-order valence-electron chi connectivity index (χ1n) is 7.29. The first kappa shape index (κ1) is 15.5. The van der Waals surface area contributed by atoms with E-state index in [1.165, 1.54) is 25.0 Å². The lowest BCUT2D eigenvalue weighted by molar-refractivity contribution is 0.0944. The summed E-state index contributed by atoms with van der Waals surface area (Å²) in [6.45, 7) is 2.53. The fraction of sp³-hybridized carbons (Fsp3) is 0.471.